The highest BCUT2D eigenvalue weighted by Gasteiger charge is 2.19. The second-order valence-electron chi connectivity index (χ2n) is 8.17. The van der Waals surface area contributed by atoms with E-state index >= 15 is 0 Å². The molecule has 0 aliphatic carbocycles. The first kappa shape index (κ1) is 29.1. The first-order valence-electron chi connectivity index (χ1n) is 11.2. The Hall–Kier alpha value is -2.11. The number of sulfonamides is 1. The molecule has 0 aliphatic heterocycles. The minimum atomic E-state index is -3.51. The van der Waals surface area contributed by atoms with Crippen LogP contribution in [0.1, 0.15) is 52.3 Å². The van der Waals surface area contributed by atoms with Crippen LogP contribution < -0.4 is 10.0 Å². The van der Waals surface area contributed by atoms with E-state index in [2.05, 4.69) is 20.0 Å². The number of allylic oxidation sites excluding steroid dienone is 3. The molecule has 0 atom stereocenters. The molecule has 0 spiro atoms. The fraction of sp³-hybridized carbons (Fsp3) is 0.417. The van der Waals surface area contributed by atoms with Crippen LogP contribution >= 0.6 is 23.4 Å². The van der Waals surface area contributed by atoms with Crippen LogP contribution in [0, 0.1) is 0 Å². The number of nitrogens with one attached hydrogen (secondary N) is 2. The molecule has 192 valence electrons. The normalized spacial score (nSPS) is 12.4. The predicted molar refractivity (Wildman–Crippen MR) is 147 cm³/mol. The van der Waals surface area contributed by atoms with Gasteiger partial charge in [-0.3, -0.25) is 4.72 Å². The Bertz CT molecular complexity index is 1190. The van der Waals surface area contributed by atoms with Crippen molar-refractivity contribution in [2.75, 3.05) is 29.0 Å². The first-order chi connectivity index (χ1) is 16.5. The van der Waals surface area contributed by atoms with Crippen LogP contribution in [0.25, 0.3) is 10.5 Å². The zero-order valence-electron chi connectivity index (χ0n) is 20.6. The summed E-state index contributed by atoms with van der Waals surface area (Å²) in [7, 11) is -3.51. The molecule has 35 heavy (non-hydrogen) atoms. The molecule has 0 bridgehead atoms. The second kappa shape index (κ2) is 13.3. The lowest BCUT2D eigenvalue weighted by Crippen LogP contribution is -2.28. The number of aliphatic hydroxyl groups is 2. The van der Waals surface area contributed by atoms with Gasteiger partial charge in [-0.25, -0.2) is 18.4 Å². The van der Waals surface area contributed by atoms with E-state index in [1.807, 2.05) is 33.8 Å². The molecule has 8 nitrogen and oxygen atoms in total. The van der Waals surface area contributed by atoms with E-state index in [0.29, 0.717) is 28.4 Å². The van der Waals surface area contributed by atoms with Gasteiger partial charge in [0, 0.05) is 11.1 Å². The fourth-order valence-electron chi connectivity index (χ4n) is 2.97. The van der Waals surface area contributed by atoms with Gasteiger partial charge >= 0.3 is 0 Å². The highest BCUT2D eigenvalue weighted by molar-refractivity contribution is 8.12. The molecule has 2 aromatic rings. The third-order valence-corrected chi connectivity index (χ3v) is 8.42. The maximum absolute atomic E-state index is 12.3. The number of aliphatic hydroxyl groups excluding tert-OH is 2. The minimum Gasteiger partial charge on any atom is -0.394 e. The summed E-state index contributed by atoms with van der Waals surface area (Å²) in [5, 5.41) is 22.0. The summed E-state index contributed by atoms with van der Waals surface area (Å²) >= 11 is 8.22. The SMILES string of the molecule is CCCS(=O)(=O)Nc1cccc(/C(C)=C(/SC(C)=C(C)C)c2ccnc(NC(CO)CO)n2)c1Cl. The quantitative estimate of drug-likeness (QED) is 0.297. The summed E-state index contributed by atoms with van der Waals surface area (Å²) in [5.74, 6) is 0.270. The van der Waals surface area contributed by atoms with Crippen LogP contribution in [0.4, 0.5) is 11.6 Å². The van der Waals surface area contributed by atoms with Crippen molar-refractivity contribution < 1.29 is 18.6 Å². The molecule has 0 saturated carbocycles. The van der Waals surface area contributed by atoms with Crippen LogP contribution in [-0.4, -0.2) is 53.6 Å². The number of benzene rings is 1. The zero-order valence-corrected chi connectivity index (χ0v) is 23.0. The lowest BCUT2D eigenvalue weighted by Gasteiger charge is -2.18. The summed E-state index contributed by atoms with van der Waals surface area (Å²) in [6.45, 7) is 9.22. The van der Waals surface area contributed by atoms with Crippen LogP contribution in [0.15, 0.2) is 40.9 Å². The molecule has 1 heterocycles. The molecule has 2 rings (SSSR count). The topological polar surface area (TPSA) is 124 Å². The third kappa shape index (κ3) is 8.22. The molecule has 0 unspecified atom stereocenters. The standard InChI is InChI=1S/C24H33ClN4O4S2/c1-6-12-35(32,33)29-20-9-7-8-19(22(20)25)16(4)23(34-17(5)15(2)3)21-10-11-26-24(28-21)27-18(13-30)14-31/h7-11,18,29-31H,6,12-14H2,1-5H3,(H,26,27,28)/b23-16+. The van der Waals surface area contributed by atoms with E-state index in [1.54, 1.807) is 31.3 Å². The van der Waals surface area contributed by atoms with Gasteiger partial charge in [0.2, 0.25) is 16.0 Å². The Morgan fingerprint density at radius 3 is 2.43 bits per heavy atom. The summed E-state index contributed by atoms with van der Waals surface area (Å²) in [5.41, 5.74) is 3.56. The highest BCUT2D eigenvalue weighted by atomic mass is 35.5. The lowest BCUT2D eigenvalue weighted by molar-refractivity contribution is 0.203. The van der Waals surface area contributed by atoms with Crippen molar-refractivity contribution in [2.24, 2.45) is 0 Å². The fourth-order valence-corrected chi connectivity index (χ4v) is 5.48. The molecule has 0 fully saturated rings. The maximum Gasteiger partial charge on any atom is 0.232 e. The molecular formula is C24H33ClN4O4S2. The van der Waals surface area contributed by atoms with Gasteiger partial charge in [-0.15, -0.1) is 0 Å². The minimum absolute atomic E-state index is 0.00261. The molecular weight excluding hydrogens is 508 g/mol. The molecule has 4 N–H and O–H groups in total. The summed E-state index contributed by atoms with van der Waals surface area (Å²) < 4.78 is 27.2. The van der Waals surface area contributed by atoms with Gasteiger partial charge in [-0.05, 0) is 62.3 Å². The van der Waals surface area contributed by atoms with Crippen molar-refractivity contribution in [3.8, 4) is 0 Å². The van der Waals surface area contributed by atoms with Crippen molar-refractivity contribution >= 4 is 55.5 Å². The Balaban J connectivity index is 2.64. The number of aromatic nitrogens is 2. The smallest absolute Gasteiger partial charge is 0.232 e. The van der Waals surface area contributed by atoms with E-state index in [-0.39, 0.29) is 24.9 Å². The van der Waals surface area contributed by atoms with E-state index in [4.69, 9.17) is 11.6 Å². The van der Waals surface area contributed by atoms with Gasteiger partial charge in [0.1, 0.15) is 0 Å². The number of rotatable bonds is 12. The Kier molecular flexibility index (Phi) is 11.0. The number of thioether (sulfide) groups is 1. The number of hydrogen-bond donors (Lipinski definition) is 4. The van der Waals surface area contributed by atoms with Crippen molar-refractivity contribution in [1.29, 1.82) is 0 Å². The molecule has 0 saturated heterocycles. The summed E-state index contributed by atoms with van der Waals surface area (Å²) in [4.78, 5) is 10.7. The van der Waals surface area contributed by atoms with Crippen molar-refractivity contribution in [3.63, 3.8) is 0 Å². The number of halogens is 1. The van der Waals surface area contributed by atoms with E-state index in [0.717, 1.165) is 21.0 Å². The van der Waals surface area contributed by atoms with E-state index in [1.165, 1.54) is 11.8 Å². The van der Waals surface area contributed by atoms with Gasteiger partial charge < -0.3 is 15.5 Å². The lowest BCUT2D eigenvalue weighted by atomic mass is 10.1. The van der Waals surface area contributed by atoms with Crippen molar-refractivity contribution in [3.05, 3.63) is 57.2 Å². The Morgan fingerprint density at radius 2 is 1.83 bits per heavy atom. The number of anilines is 2. The molecule has 0 radical (unpaired) electrons. The zero-order chi connectivity index (χ0) is 26.2. The van der Waals surface area contributed by atoms with Gasteiger partial charge in [-0.1, -0.05) is 48.0 Å². The van der Waals surface area contributed by atoms with Gasteiger partial charge in [0.25, 0.3) is 0 Å². The predicted octanol–water partition coefficient (Wildman–Crippen LogP) is 4.98. The van der Waals surface area contributed by atoms with Crippen LogP contribution in [0.2, 0.25) is 5.02 Å². The van der Waals surface area contributed by atoms with Gasteiger partial charge in [0.15, 0.2) is 0 Å². The van der Waals surface area contributed by atoms with Gasteiger partial charge in [0.05, 0.1) is 41.4 Å². The largest absolute Gasteiger partial charge is 0.394 e. The molecule has 1 aromatic heterocycles. The monoisotopic (exact) mass is 540 g/mol. The first-order valence-corrected chi connectivity index (χ1v) is 14.0. The van der Waals surface area contributed by atoms with Crippen LogP contribution in [0.5, 0.6) is 0 Å². The van der Waals surface area contributed by atoms with Crippen molar-refractivity contribution in [1.82, 2.24) is 9.97 Å². The number of nitrogens with zero attached hydrogens (tertiary/aromatic N) is 2. The van der Waals surface area contributed by atoms with Crippen molar-refractivity contribution in [2.45, 2.75) is 47.1 Å². The summed E-state index contributed by atoms with van der Waals surface area (Å²) in [6.07, 6.45) is 2.09. The van der Waals surface area contributed by atoms with Crippen LogP contribution in [0.3, 0.4) is 0 Å². The average Bonchev–Trinajstić information content (AvgIpc) is 2.81. The summed E-state index contributed by atoms with van der Waals surface area (Å²) in [6, 6.07) is 6.40. The van der Waals surface area contributed by atoms with E-state index in [9.17, 15) is 18.6 Å². The average molecular weight is 541 g/mol. The maximum atomic E-state index is 12.3. The Morgan fingerprint density at radius 1 is 1.14 bits per heavy atom. The van der Waals surface area contributed by atoms with Crippen LogP contribution in [-0.2, 0) is 10.0 Å². The Labute approximate surface area is 217 Å². The second-order valence-corrected chi connectivity index (χ2v) is 11.6. The molecule has 0 amide bonds. The van der Waals surface area contributed by atoms with E-state index < -0.39 is 16.1 Å². The molecule has 0 aliphatic rings. The molecule has 11 heteroatoms. The highest BCUT2D eigenvalue weighted by Crippen LogP contribution is 2.42. The molecule has 1 aromatic carbocycles. The van der Waals surface area contributed by atoms with Gasteiger partial charge in [-0.2, -0.15) is 0 Å². The third-order valence-electron chi connectivity index (χ3n) is 5.10. The number of hydrogen-bond acceptors (Lipinski definition) is 8.